The Balaban J connectivity index is 2.13. The van der Waals surface area contributed by atoms with E-state index in [0.29, 0.717) is 5.78 Å². The number of nitrogens with zero attached hydrogens (tertiary/aromatic N) is 4. The lowest BCUT2D eigenvalue weighted by atomic mass is 10.1. The van der Waals surface area contributed by atoms with E-state index in [4.69, 9.17) is 0 Å². The van der Waals surface area contributed by atoms with E-state index in [1.165, 1.54) is 11.1 Å². The maximum absolute atomic E-state index is 4.47. The Morgan fingerprint density at radius 3 is 2.60 bits per heavy atom. The SMILES string of the molecule is CCc1c(C)nc2nncn2c1Nc1ccc(C)cc1. The molecule has 0 amide bonds. The number of rotatable bonds is 3. The lowest BCUT2D eigenvalue weighted by molar-refractivity contribution is 0.986. The van der Waals surface area contributed by atoms with Crippen LogP contribution in [0.1, 0.15) is 23.7 Å². The summed E-state index contributed by atoms with van der Waals surface area (Å²) in [6.07, 6.45) is 2.60. The molecule has 2 heterocycles. The van der Waals surface area contributed by atoms with Gasteiger partial charge in [-0.3, -0.25) is 4.40 Å². The lowest BCUT2D eigenvalue weighted by Gasteiger charge is -2.14. The first-order chi connectivity index (χ1) is 9.69. The number of hydrogen-bond acceptors (Lipinski definition) is 4. The van der Waals surface area contributed by atoms with Gasteiger partial charge in [-0.25, -0.2) is 4.98 Å². The zero-order valence-corrected chi connectivity index (χ0v) is 11.9. The topological polar surface area (TPSA) is 55.1 Å². The zero-order valence-electron chi connectivity index (χ0n) is 11.9. The van der Waals surface area contributed by atoms with E-state index in [1.807, 2.05) is 11.3 Å². The van der Waals surface area contributed by atoms with Crippen molar-refractivity contribution in [3.05, 3.63) is 47.4 Å². The largest absolute Gasteiger partial charge is 0.341 e. The van der Waals surface area contributed by atoms with Gasteiger partial charge in [0.25, 0.3) is 5.78 Å². The quantitative estimate of drug-likeness (QED) is 0.792. The van der Waals surface area contributed by atoms with Crippen molar-refractivity contribution < 1.29 is 0 Å². The minimum Gasteiger partial charge on any atom is -0.341 e. The van der Waals surface area contributed by atoms with Crippen molar-refractivity contribution in [3.63, 3.8) is 0 Å². The number of anilines is 2. The van der Waals surface area contributed by atoms with E-state index in [0.717, 1.165) is 23.6 Å². The fourth-order valence-electron chi connectivity index (χ4n) is 2.33. The molecule has 0 fully saturated rings. The second kappa shape index (κ2) is 4.92. The number of nitrogens with one attached hydrogen (secondary N) is 1. The zero-order chi connectivity index (χ0) is 14.1. The molecule has 0 aliphatic rings. The van der Waals surface area contributed by atoms with Crippen molar-refractivity contribution in [2.45, 2.75) is 27.2 Å². The smallest absolute Gasteiger partial charge is 0.256 e. The van der Waals surface area contributed by atoms with E-state index >= 15 is 0 Å². The molecule has 5 heteroatoms. The van der Waals surface area contributed by atoms with E-state index in [1.54, 1.807) is 6.33 Å². The summed E-state index contributed by atoms with van der Waals surface area (Å²) in [5.41, 5.74) is 4.46. The third-order valence-electron chi connectivity index (χ3n) is 3.43. The molecule has 0 aliphatic carbocycles. The molecule has 0 radical (unpaired) electrons. The molecule has 0 atom stereocenters. The van der Waals surface area contributed by atoms with Gasteiger partial charge in [-0.1, -0.05) is 24.6 Å². The van der Waals surface area contributed by atoms with Crippen LogP contribution in [0.5, 0.6) is 0 Å². The molecule has 1 aromatic carbocycles. The van der Waals surface area contributed by atoms with Crippen LogP contribution in [0.25, 0.3) is 5.78 Å². The summed E-state index contributed by atoms with van der Waals surface area (Å²) < 4.78 is 1.89. The molecular weight excluding hydrogens is 250 g/mol. The summed E-state index contributed by atoms with van der Waals surface area (Å²) in [6, 6.07) is 8.32. The Labute approximate surface area is 117 Å². The van der Waals surface area contributed by atoms with Crippen LogP contribution in [-0.2, 0) is 6.42 Å². The highest BCUT2D eigenvalue weighted by Gasteiger charge is 2.12. The number of aromatic nitrogens is 4. The summed E-state index contributed by atoms with van der Waals surface area (Å²) in [5.74, 6) is 1.61. The summed E-state index contributed by atoms with van der Waals surface area (Å²) in [7, 11) is 0. The maximum Gasteiger partial charge on any atom is 0.256 e. The van der Waals surface area contributed by atoms with E-state index in [9.17, 15) is 0 Å². The molecule has 5 nitrogen and oxygen atoms in total. The van der Waals surface area contributed by atoms with Gasteiger partial charge in [-0.05, 0) is 32.4 Å². The molecule has 0 saturated carbocycles. The molecule has 0 bridgehead atoms. The molecule has 102 valence electrons. The molecule has 0 saturated heterocycles. The van der Waals surface area contributed by atoms with Gasteiger partial charge in [-0.2, -0.15) is 0 Å². The maximum atomic E-state index is 4.47. The van der Waals surface area contributed by atoms with Crippen molar-refractivity contribution >= 4 is 17.3 Å². The van der Waals surface area contributed by atoms with Gasteiger partial charge in [0.15, 0.2) is 0 Å². The van der Waals surface area contributed by atoms with Crippen molar-refractivity contribution in [3.8, 4) is 0 Å². The summed E-state index contributed by atoms with van der Waals surface area (Å²) >= 11 is 0. The first-order valence-corrected chi connectivity index (χ1v) is 6.72. The summed E-state index contributed by atoms with van der Waals surface area (Å²) in [4.78, 5) is 4.47. The monoisotopic (exact) mass is 267 g/mol. The third-order valence-corrected chi connectivity index (χ3v) is 3.43. The van der Waals surface area contributed by atoms with Crippen molar-refractivity contribution in [1.82, 2.24) is 19.6 Å². The second-order valence-electron chi connectivity index (χ2n) is 4.87. The van der Waals surface area contributed by atoms with Crippen LogP contribution in [0.15, 0.2) is 30.6 Å². The van der Waals surface area contributed by atoms with E-state index in [2.05, 4.69) is 58.6 Å². The minimum absolute atomic E-state index is 0.620. The Hall–Kier alpha value is -2.43. The molecule has 3 rings (SSSR count). The average molecular weight is 267 g/mol. The summed E-state index contributed by atoms with van der Waals surface area (Å²) in [6.45, 7) is 6.21. The van der Waals surface area contributed by atoms with Gasteiger partial charge >= 0.3 is 0 Å². The van der Waals surface area contributed by atoms with Crippen LogP contribution in [-0.4, -0.2) is 19.6 Å². The van der Waals surface area contributed by atoms with Gasteiger partial charge in [0, 0.05) is 16.9 Å². The fourth-order valence-corrected chi connectivity index (χ4v) is 2.33. The van der Waals surface area contributed by atoms with Gasteiger partial charge in [0.1, 0.15) is 12.1 Å². The van der Waals surface area contributed by atoms with Crippen molar-refractivity contribution in [2.24, 2.45) is 0 Å². The van der Waals surface area contributed by atoms with Crippen LogP contribution in [0, 0.1) is 13.8 Å². The van der Waals surface area contributed by atoms with E-state index in [-0.39, 0.29) is 0 Å². The number of hydrogen-bond donors (Lipinski definition) is 1. The molecule has 3 aromatic rings. The molecule has 20 heavy (non-hydrogen) atoms. The standard InChI is InChI=1S/C15H17N5/c1-4-13-11(3)17-15-19-16-9-20(15)14(13)18-12-7-5-10(2)6-8-12/h5-9,18H,4H2,1-3H3. The highest BCUT2D eigenvalue weighted by Crippen LogP contribution is 2.24. The van der Waals surface area contributed by atoms with Crippen LogP contribution in [0.3, 0.4) is 0 Å². The summed E-state index contributed by atoms with van der Waals surface area (Å²) in [5, 5.41) is 11.4. The van der Waals surface area contributed by atoms with E-state index < -0.39 is 0 Å². The molecule has 2 aromatic heterocycles. The molecule has 0 spiro atoms. The molecular formula is C15H17N5. The first-order valence-electron chi connectivity index (χ1n) is 6.72. The Morgan fingerprint density at radius 1 is 1.15 bits per heavy atom. The fraction of sp³-hybridized carbons (Fsp3) is 0.267. The van der Waals surface area contributed by atoms with Gasteiger partial charge in [0.2, 0.25) is 0 Å². The van der Waals surface area contributed by atoms with Crippen LogP contribution < -0.4 is 5.32 Å². The lowest BCUT2D eigenvalue weighted by Crippen LogP contribution is -2.06. The Kier molecular flexibility index (Phi) is 3.10. The highest BCUT2D eigenvalue weighted by atomic mass is 15.3. The predicted molar refractivity (Wildman–Crippen MR) is 79.4 cm³/mol. The predicted octanol–water partition coefficient (Wildman–Crippen LogP) is 3.05. The Morgan fingerprint density at radius 2 is 1.90 bits per heavy atom. The molecule has 1 N–H and O–H groups in total. The normalized spacial score (nSPS) is 10.9. The Bertz CT molecular complexity index is 743. The second-order valence-corrected chi connectivity index (χ2v) is 4.87. The van der Waals surface area contributed by atoms with Crippen LogP contribution in [0.2, 0.25) is 0 Å². The highest BCUT2D eigenvalue weighted by molar-refractivity contribution is 5.63. The minimum atomic E-state index is 0.620. The van der Waals surface area contributed by atoms with Gasteiger partial charge in [-0.15, -0.1) is 10.2 Å². The number of benzene rings is 1. The molecule has 0 aliphatic heterocycles. The number of fused-ring (bicyclic) bond motifs is 1. The van der Waals surface area contributed by atoms with Gasteiger partial charge < -0.3 is 5.32 Å². The third kappa shape index (κ3) is 2.11. The van der Waals surface area contributed by atoms with Gasteiger partial charge in [0.05, 0.1) is 0 Å². The molecule has 0 unspecified atom stereocenters. The average Bonchev–Trinajstić information content (AvgIpc) is 2.89. The van der Waals surface area contributed by atoms with Crippen molar-refractivity contribution in [2.75, 3.05) is 5.32 Å². The van der Waals surface area contributed by atoms with Crippen molar-refractivity contribution in [1.29, 1.82) is 0 Å². The van der Waals surface area contributed by atoms with Crippen LogP contribution >= 0.6 is 0 Å². The first kappa shape index (κ1) is 12.6. The number of aryl methyl sites for hydroxylation is 2. The van der Waals surface area contributed by atoms with Crippen LogP contribution in [0.4, 0.5) is 11.5 Å².